The van der Waals surface area contributed by atoms with Gasteiger partial charge in [0.1, 0.15) is 5.75 Å². The van der Waals surface area contributed by atoms with Crippen LogP contribution in [0.5, 0.6) is 17.2 Å². The molecule has 10 saturated carbocycles. The highest BCUT2D eigenvalue weighted by molar-refractivity contribution is 5.91. The van der Waals surface area contributed by atoms with Crippen LogP contribution < -0.4 is 76.6 Å². The van der Waals surface area contributed by atoms with Crippen LogP contribution in [-0.2, 0) is 74.7 Å². The lowest BCUT2D eigenvalue weighted by Gasteiger charge is -2.57. The molecule has 3 N–H and O–H groups in total. The first kappa shape index (κ1) is 131. The van der Waals surface area contributed by atoms with Gasteiger partial charge < -0.3 is 154 Å². The Morgan fingerprint density at radius 3 is 0.721 bits per heavy atom. The van der Waals surface area contributed by atoms with E-state index in [1.807, 2.05) is 42.5 Å². The maximum atomic E-state index is 12.1. The summed E-state index contributed by atoms with van der Waals surface area (Å²) < 4.78 is 72.2. The van der Waals surface area contributed by atoms with Crippen molar-refractivity contribution in [3.05, 3.63) is 174 Å². The Balaban J connectivity index is -0.000000451. The summed E-state index contributed by atoms with van der Waals surface area (Å²) in [5.74, 6) is -6.51. The number of carboxylic acid groups (broad SMARTS) is 15. The van der Waals surface area contributed by atoms with Crippen LogP contribution in [0.4, 0.5) is 26.3 Å². The van der Waals surface area contributed by atoms with E-state index in [1.54, 1.807) is 94.9 Å². The molecule has 10 aliphatic carbocycles. The third-order valence-corrected chi connectivity index (χ3v) is 20.4. The van der Waals surface area contributed by atoms with Crippen molar-refractivity contribution >= 4 is 100 Å². The number of carbonyl (C=O) groups excluding carboxylic acids is 13. The molecule has 762 valence electrons. The Morgan fingerprint density at radius 2 is 0.529 bits per heavy atom. The molecule has 6 aromatic carbocycles. The Bertz CT molecular complexity index is 4120. The van der Waals surface area contributed by atoms with Gasteiger partial charge in [0.05, 0.1) is 22.3 Å². The highest BCUT2D eigenvalue weighted by Crippen LogP contribution is 2.67. The van der Waals surface area contributed by atoms with Crippen LogP contribution >= 0.6 is 0 Å². The van der Waals surface area contributed by atoms with Gasteiger partial charge in [-0.25, -0.2) is 9.59 Å². The van der Waals surface area contributed by atoms with E-state index in [2.05, 4.69) is 48.5 Å². The molecule has 33 nitrogen and oxygen atoms in total. The zero-order chi connectivity index (χ0) is 106. The average molecular weight is 1930 g/mol. The maximum absolute atomic E-state index is 12.1. The minimum absolute atomic E-state index is 0.111. The fourth-order valence-electron chi connectivity index (χ4n) is 15.8. The monoisotopic (exact) mass is 1930 g/mol. The van der Waals surface area contributed by atoms with Crippen molar-refractivity contribution in [2.45, 2.75) is 237 Å². The van der Waals surface area contributed by atoms with Gasteiger partial charge in [-0.3, -0.25) is 0 Å². The van der Waals surface area contributed by atoms with Crippen molar-refractivity contribution in [3.63, 3.8) is 0 Å². The summed E-state index contributed by atoms with van der Waals surface area (Å²) in [4.78, 5) is 140. The molecule has 4 atom stereocenters. The first-order valence-corrected chi connectivity index (χ1v) is 42.9. The summed E-state index contributed by atoms with van der Waals surface area (Å²) in [6.07, 6.45) is 15.5. The van der Waals surface area contributed by atoms with Crippen LogP contribution in [0.25, 0.3) is 10.8 Å². The molecule has 10 bridgehead atoms. The highest BCUT2D eigenvalue weighted by Gasteiger charge is 2.59. The van der Waals surface area contributed by atoms with Gasteiger partial charge in [0.25, 0.3) is 0 Å². The molecule has 6 aromatic rings. The number of para-hydroxylation sites is 1. The molecule has 136 heavy (non-hydrogen) atoms. The topological polar surface area (TPSA) is 663 Å². The molecule has 0 aromatic heterocycles. The van der Waals surface area contributed by atoms with E-state index in [1.165, 1.54) is 112 Å². The van der Waals surface area contributed by atoms with Crippen LogP contribution in [-0.4, -0.2) is 105 Å². The van der Waals surface area contributed by atoms with Gasteiger partial charge >= 0.3 is 24.3 Å². The summed E-state index contributed by atoms with van der Waals surface area (Å²) in [6, 6.07) is 40.4. The molecule has 0 amide bonds. The average Bonchev–Trinajstić information content (AvgIpc) is 1.58. The number of carboxylic acids is 15. The van der Waals surface area contributed by atoms with Crippen LogP contribution in [0.15, 0.2) is 152 Å². The number of hydrogen-bond acceptors (Lipinski definition) is 31. The predicted molar refractivity (Wildman–Crippen MR) is 450 cm³/mol. The molecule has 0 radical (unpaired) electrons. The standard InChI is InChI=1S/C12H18.C11H16O2.C10H8.2C8H5F3O3.C7H12.C6H6O.C6H6.5C3H6O2.7C2H4O2/c1-2-8-5-7(1)11-9-3-4-10(6-9)12(8)11;12-10(13)11-4-7-1-8(5-11)3-9(2-7)6-11;1-2-6-10-8-4-3-7-9(10)5-1;9-8(10,11)4-1-2-6(12)5(3-4)7(13)14;9-8(10,11)4-1-2-5(7(13)14)6(12)3-4;1-2-7-4-3-6(1)5-7;7-6-4-2-1-3-5-6;1-2-4-6-5-3-1;5*1-2-3(4)5;7*1-2(3)4/h7-12H,1-6H2;7-9H,1-6H2,(H,12,13);1-8H;2*1-3,12H,(H,13,14);6-7H,1-5H2;1-5,7H;1-6H;5*2H2,1H3,(H,4,5);7*1H3,(H,3,4)/p-15. The molecule has 16 rings (SSSR count). The number of benzene rings is 6. The fourth-order valence-corrected chi connectivity index (χ4v) is 15.8. The van der Waals surface area contributed by atoms with Crippen LogP contribution in [0, 0.1) is 70.5 Å². The number of aromatic carboxylic acids is 2. The SMILES string of the molecule is C1CC2CC1C1C3CCC(C3)C21.C1CC2CCC1C2.CC(=O)[O-].CC(=O)[O-].CC(=O)[O-].CC(=O)[O-].CC(=O)[O-].CC(=O)[O-].CC(=O)[O-].CCC(=O)[O-].CCC(=O)[O-].CCC(=O)[O-].CCC(=O)[O-].CCC(=O)[O-].O=C(O)c1cc(C(F)(F)F)ccc1[O-].O=C(O)c1ccc(C(F)(F)F)cc1[O-].O=C([O-])C12CC3CC(CC(C3)C1)C2.Oc1ccccc1.c1ccc2ccccc2c1.c1ccccc1. The van der Waals surface area contributed by atoms with Crippen LogP contribution in [0.1, 0.15) is 256 Å². The molecule has 0 saturated heterocycles. The van der Waals surface area contributed by atoms with E-state index in [-0.39, 0.29) is 38.2 Å². The lowest BCUT2D eigenvalue weighted by Crippen LogP contribution is -2.54. The molecule has 0 spiro atoms. The van der Waals surface area contributed by atoms with E-state index < -0.39 is 141 Å². The lowest BCUT2D eigenvalue weighted by atomic mass is 9.49. The zero-order valence-corrected chi connectivity index (χ0v) is 77.7. The predicted octanol–water partition coefficient (Wildman–Crippen LogP) is 2.13. The van der Waals surface area contributed by atoms with Gasteiger partial charge in [-0.15, -0.1) is 0 Å². The number of halogens is 6. The van der Waals surface area contributed by atoms with E-state index in [0.29, 0.717) is 53.8 Å². The Hall–Kier alpha value is -13.4. The van der Waals surface area contributed by atoms with Crippen molar-refractivity contribution in [2.24, 2.45) is 70.5 Å². The van der Waals surface area contributed by atoms with Gasteiger partial charge in [0, 0.05) is 83.0 Å². The maximum Gasteiger partial charge on any atom is 0.416 e. The summed E-state index contributed by atoms with van der Waals surface area (Å²) in [7, 11) is 0. The number of phenolic OH excluding ortho intramolecular Hbond substituents is 1. The van der Waals surface area contributed by atoms with Crippen molar-refractivity contribution < 1.29 is 190 Å². The lowest BCUT2D eigenvalue weighted by molar-refractivity contribution is -0.327. The van der Waals surface area contributed by atoms with Gasteiger partial charge in [0.2, 0.25) is 0 Å². The number of phenols is 1. The Morgan fingerprint density at radius 1 is 0.309 bits per heavy atom. The van der Waals surface area contributed by atoms with Gasteiger partial charge in [-0.2, -0.15) is 26.3 Å². The van der Waals surface area contributed by atoms with Crippen molar-refractivity contribution in [1.29, 1.82) is 0 Å². The van der Waals surface area contributed by atoms with Gasteiger partial charge in [0.15, 0.2) is 0 Å². The van der Waals surface area contributed by atoms with Crippen molar-refractivity contribution in [3.8, 4) is 17.2 Å². The Kier molecular flexibility index (Phi) is 69.5. The van der Waals surface area contributed by atoms with Gasteiger partial charge in [-0.05, 0) is 270 Å². The number of hydrogen-bond donors (Lipinski definition) is 3. The second kappa shape index (κ2) is 72.1. The molecule has 0 aliphatic heterocycles. The molecule has 10 aliphatic rings. The van der Waals surface area contributed by atoms with E-state index >= 15 is 0 Å². The second-order valence-electron chi connectivity index (χ2n) is 31.4. The van der Waals surface area contributed by atoms with Crippen molar-refractivity contribution in [2.75, 3.05) is 0 Å². The summed E-state index contributed by atoms with van der Waals surface area (Å²) >= 11 is 0. The number of aliphatic carboxylic acids is 13. The minimum Gasteiger partial charge on any atom is -0.872 e. The molecule has 39 heteroatoms. The number of carbonyl (C=O) groups is 15. The largest absolute Gasteiger partial charge is 0.872 e. The quantitative estimate of drug-likeness (QED) is 0.145. The highest BCUT2D eigenvalue weighted by atomic mass is 19.4. The first-order chi connectivity index (χ1) is 63.0. The molecule has 10 fully saturated rings. The molecular formula is C97H119F6O33-15. The number of aromatic hydroxyl groups is 1. The Labute approximate surface area is 785 Å². The fraction of sp³-hybridized carbons (Fsp3) is 0.495. The van der Waals surface area contributed by atoms with E-state index in [0.717, 1.165) is 67.7 Å². The van der Waals surface area contributed by atoms with E-state index in [4.69, 9.17) is 84.6 Å². The van der Waals surface area contributed by atoms with Crippen LogP contribution in [0.2, 0.25) is 0 Å². The summed E-state index contributed by atoms with van der Waals surface area (Å²) in [6.45, 7) is 14.5. The number of fused-ring (bicyclic) bond motifs is 12. The minimum atomic E-state index is -4.64. The summed E-state index contributed by atoms with van der Waals surface area (Å²) in [5, 5.41) is 169. The normalized spacial score (nSPS) is 19.8. The number of alkyl halides is 6. The third kappa shape index (κ3) is 67.7. The summed E-state index contributed by atoms with van der Waals surface area (Å²) in [5.41, 5.74) is -4.23. The van der Waals surface area contributed by atoms with E-state index in [9.17, 15) is 106 Å². The molecule has 4 unspecified atom stereocenters. The zero-order valence-electron chi connectivity index (χ0n) is 77.7. The number of rotatable bonds is 8. The molecule has 0 heterocycles. The van der Waals surface area contributed by atoms with Crippen molar-refractivity contribution in [1.82, 2.24) is 0 Å². The second-order valence-corrected chi connectivity index (χ2v) is 31.4. The third-order valence-electron chi connectivity index (χ3n) is 20.4. The van der Waals surface area contributed by atoms with Gasteiger partial charge in [-0.1, -0.05) is 193 Å². The smallest absolute Gasteiger partial charge is 0.416 e. The molecular weight excluding hydrogens is 1810 g/mol. The van der Waals surface area contributed by atoms with Crippen LogP contribution in [0.3, 0.4) is 0 Å². The first-order valence-electron chi connectivity index (χ1n) is 42.9.